The van der Waals surface area contributed by atoms with Crippen LogP contribution in [0.4, 0.5) is 0 Å². The van der Waals surface area contributed by atoms with Gasteiger partial charge in [0.25, 0.3) is 0 Å². The van der Waals surface area contributed by atoms with Crippen molar-refractivity contribution in [3.8, 4) is 0 Å². The van der Waals surface area contributed by atoms with Gasteiger partial charge in [0.05, 0.1) is 6.20 Å². The van der Waals surface area contributed by atoms with Crippen molar-refractivity contribution in [3.63, 3.8) is 0 Å². The zero-order valence-corrected chi connectivity index (χ0v) is 11.2. The first kappa shape index (κ1) is 13.8. The van der Waals surface area contributed by atoms with E-state index in [-0.39, 0.29) is 0 Å². The Morgan fingerprint density at radius 1 is 1.29 bits per heavy atom. The Morgan fingerprint density at radius 2 is 2.12 bits per heavy atom. The topological polar surface area (TPSA) is 26.0 Å². The van der Waals surface area contributed by atoms with E-state index in [0.717, 1.165) is 12.2 Å². The van der Waals surface area contributed by atoms with Crippen molar-refractivity contribution in [2.24, 2.45) is 0 Å². The van der Waals surface area contributed by atoms with Gasteiger partial charge in [-0.1, -0.05) is 30.6 Å². The van der Waals surface area contributed by atoms with Crippen LogP contribution in [0.3, 0.4) is 0 Å². The molecule has 0 fully saturated rings. The van der Waals surface area contributed by atoms with E-state index in [1.165, 1.54) is 43.2 Å². The summed E-state index contributed by atoms with van der Waals surface area (Å²) in [4.78, 5) is 3.89. The molecular weight excluding hydrogens is 210 g/mol. The molecule has 94 valence electrons. The van der Waals surface area contributed by atoms with E-state index in [0.29, 0.717) is 0 Å². The van der Waals surface area contributed by atoms with Crippen molar-refractivity contribution in [2.75, 3.05) is 0 Å². The van der Waals surface area contributed by atoms with Gasteiger partial charge in [-0.2, -0.15) is 0 Å². The predicted molar refractivity (Wildman–Crippen MR) is 72.7 cm³/mol. The lowest BCUT2D eigenvalue weighted by Gasteiger charge is -2.00. The number of nitrogens with zero attached hydrogens (tertiary/aromatic N) is 1. The normalized spacial score (nSPS) is 13.1. The van der Waals surface area contributed by atoms with E-state index in [1.807, 2.05) is 0 Å². The quantitative estimate of drug-likeness (QED) is 0.489. The first-order valence-corrected chi connectivity index (χ1v) is 6.43. The number of aromatic nitrogens is 1. The largest absolute Gasteiger partial charge is 0.444 e. The third kappa shape index (κ3) is 6.10. The van der Waals surface area contributed by atoms with Crippen LogP contribution in [0.1, 0.15) is 58.6 Å². The molecule has 0 saturated carbocycles. The van der Waals surface area contributed by atoms with E-state index < -0.39 is 0 Å². The fourth-order valence-corrected chi connectivity index (χ4v) is 1.84. The molecule has 0 unspecified atom stereocenters. The van der Waals surface area contributed by atoms with Crippen LogP contribution < -0.4 is 0 Å². The van der Waals surface area contributed by atoms with Crippen molar-refractivity contribution in [1.29, 1.82) is 0 Å². The summed E-state index contributed by atoms with van der Waals surface area (Å²) >= 11 is 0. The van der Waals surface area contributed by atoms with Crippen molar-refractivity contribution in [3.05, 3.63) is 35.6 Å². The van der Waals surface area contributed by atoms with Gasteiger partial charge < -0.3 is 4.42 Å². The Bertz CT molecular complexity index is 360. The molecule has 0 spiro atoms. The summed E-state index contributed by atoms with van der Waals surface area (Å²) in [6.45, 7) is 6.59. The molecule has 1 rings (SSSR count). The summed E-state index contributed by atoms with van der Waals surface area (Å²) in [5, 5.41) is 0. The number of oxazole rings is 1. The molecule has 0 aliphatic rings. The molecule has 0 N–H and O–H groups in total. The van der Waals surface area contributed by atoms with Gasteiger partial charge in [-0.25, -0.2) is 4.98 Å². The molecule has 17 heavy (non-hydrogen) atoms. The number of hydrogen-bond donors (Lipinski definition) is 0. The van der Waals surface area contributed by atoms with Crippen LogP contribution >= 0.6 is 0 Å². The number of rotatable bonds is 7. The maximum Gasteiger partial charge on any atom is 0.181 e. The molecule has 0 radical (unpaired) electrons. The van der Waals surface area contributed by atoms with E-state index in [1.54, 1.807) is 6.20 Å². The highest BCUT2D eigenvalue weighted by Gasteiger charge is 1.95. The first-order valence-electron chi connectivity index (χ1n) is 6.43. The molecule has 0 saturated heterocycles. The van der Waals surface area contributed by atoms with Gasteiger partial charge in [-0.3, -0.25) is 0 Å². The molecule has 0 bridgehead atoms. The van der Waals surface area contributed by atoms with Gasteiger partial charge >= 0.3 is 0 Å². The zero-order valence-electron chi connectivity index (χ0n) is 11.2. The second-order valence-electron chi connectivity index (χ2n) is 4.59. The van der Waals surface area contributed by atoms with Gasteiger partial charge in [0.15, 0.2) is 6.39 Å². The minimum absolute atomic E-state index is 0.847. The Labute approximate surface area is 104 Å². The average Bonchev–Trinajstić information content (AvgIpc) is 2.77. The lowest BCUT2D eigenvalue weighted by Crippen LogP contribution is -1.80. The Kier molecular flexibility index (Phi) is 6.38. The molecule has 1 heterocycles. The lowest BCUT2D eigenvalue weighted by molar-refractivity contribution is 0.547. The van der Waals surface area contributed by atoms with Crippen molar-refractivity contribution in [2.45, 2.75) is 52.9 Å². The van der Waals surface area contributed by atoms with Crippen molar-refractivity contribution < 1.29 is 4.42 Å². The highest BCUT2D eigenvalue weighted by molar-refractivity contribution is 5.45. The molecule has 2 nitrogen and oxygen atoms in total. The van der Waals surface area contributed by atoms with Gasteiger partial charge in [-0.15, -0.1) is 0 Å². The van der Waals surface area contributed by atoms with E-state index >= 15 is 0 Å². The Balaban J connectivity index is 2.25. The predicted octanol–water partition coefficient (Wildman–Crippen LogP) is 4.99. The summed E-state index contributed by atoms with van der Waals surface area (Å²) in [5.41, 5.74) is 2.87. The third-order valence-electron chi connectivity index (χ3n) is 2.75. The molecular formula is C15H23NO. The number of allylic oxidation sites excluding steroid dienone is 3. The van der Waals surface area contributed by atoms with Crippen molar-refractivity contribution in [1.82, 2.24) is 4.98 Å². The van der Waals surface area contributed by atoms with Gasteiger partial charge in [-0.05, 0) is 45.6 Å². The van der Waals surface area contributed by atoms with Crippen LogP contribution in [0, 0.1) is 0 Å². The Morgan fingerprint density at radius 3 is 2.76 bits per heavy atom. The van der Waals surface area contributed by atoms with Crippen LogP contribution in [0.15, 0.2) is 34.2 Å². The van der Waals surface area contributed by atoms with Crippen LogP contribution in [0.25, 0.3) is 6.08 Å². The third-order valence-corrected chi connectivity index (χ3v) is 2.75. The van der Waals surface area contributed by atoms with Crippen LogP contribution in [0.2, 0.25) is 0 Å². The molecule has 0 amide bonds. The van der Waals surface area contributed by atoms with Gasteiger partial charge in [0.2, 0.25) is 0 Å². The summed E-state index contributed by atoms with van der Waals surface area (Å²) in [6, 6.07) is 0. The van der Waals surface area contributed by atoms with Crippen LogP contribution in [-0.4, -0.2) is 4.98 Å². The molecule has 1 aromatic heterocycles. The average molecular weight is 233 g/mol. The lowest BCUT2D eigenvalue weighted by atomic mass is 10.1. The highest BCUT2D eigenvalue weighted by Crippen LogP contribution is 2.13. The molecule has 1 aromatic rings. The fourth-order valence-electron chi connectivity index (χ4n) is 1.84. The number of hydrogen-bond acceptors (Lipinski definition) is 2. The molecule has 0 aliphatic heterocycles. The standard InChI is InChI=1S/C15H23NO/c1-4-7-13(2)8-5-6-9-14(3)10-15-11-16-12-17-15/h8,10-12H,4-7,9H2,1-3H3/b13-8+,14-10+. The van der Waals surface area contributed by atoms with Crippen LogP contribution in [-0.2, 0) is 0 Å². The molecule has 0 atom stereocenters. The minimum atomic E-state index is 0.847. The van der Waals surface area contributed by atoms with E-state index in [2.05, 4.69) is 37.9 Å². The maximum absolute atomic E-state index is 5.18. The van der Waals surface area contributed by atoms with Crippen molar-refractivity contribution >= 4 is 6.08 Å². The highest BCUT2D eigenvalue weighted by atomic mass is 16.3. The first-order chi connectivity index (χ1) is 8.22. The van der Waals surface area contributed by atoms with Crippen LogP contribution in [0.5, 0.6) is 0 Å². The maximum atomic E-state index is 5.18. The molecule has 2 heteroatoms. The Hall–Kier alpha value is -1.31. The minimum Gasteiger partial charge on any atom is -0.444 e. The summed E-state index contributed by atoms with van der Waals surface area (Å²) in [6.07, 6.45) is 13.6. The smallest absolute Gasteiger partial charge is 0.181 e. The van der Waals surface area contributed by atoms with Gasteiger partial charge in [0.1, 0.15) is 5.76 Å². The molecule has 0 aromatic carbocycles. The second kappa shape index (κ2) is 7.88. The molecule has 0 aliphatic carbocycles. The summed E-state index contributed by atoms with van der Waals surface area (Å²) < 4.78 is 5.18. The summed E-state index contributed by atoms with van der Waals surface area (Å²) in [7, 11) is 0. The van der Waals surface area contributed by atoms with E-state index in [4.69, 9.17) is 4.42 Å². The SMILES string of the molecule is CCC/C(C)=C/CCC/C(C)=C/c1cnco1. The van der Waals surface area contributed by atoms with E-state index in [9.17, 15) is 0 Å². The monoisotopic (exact) mass is 233 g/mol. The zero-order chi connectivity index (χ0) is 12.5. The fraction of sp³-hybridized carbons (Fsp3) is 0.533. The summed E-state index contributed by atoms with van der Waals surface area (Å²) in [5.74, 6) is 0.847. The van der Waals surface area contributed by atoms with Gasteiger partial charge in [0, 0.05) is 0 Å². The second-order valence-corrected chi connectivity index (χ2v) is 4.59. The number of unbranched alkanes of at least 4 members (excludes halogenated alkanes) is 1.